The fourth-order valence-corrected chi connectivity index (χ4v) is 1.34. The predicted octanol–water partition coefficient (Wildman–Crippen LogP) is 1.85. The van der Waals surface area contributed by atoms with Crippen LogP contribution in [0.3, 0.4) is 0 Å². The Balaban J connectivity index is 2.13. The highest BCUT2D eigenvalue weighted by Gasteiger charge is 2.22. The van der Waals surface area contributed by atoms with E-state index in [0.29, 0.717) is 6.04 Å². The van der Waals surface area contributed by atoms with E-state index in [0.717, 1.165) is 12.2 Å². The van der Waals surface area contributed by atoms with E-state index in [2.05, 4.69) is 29.4 Å². The van der Waals surface area contributed by atoms with Crippen molar-refractivity contribution in [2.24, 2.45) is 0 Å². The van der Waals surface area contributed by atoms with Crippen LogP contribution >= 0.6 is 0 Å². The molecular weight excluding hydrogens is 150 g/mol. The lowest BCUT2D eigenvalue weighted by molar-refractivity contribution is 0.965. The lowest BCUT2D eigenvalue weighted by Crippen LogP contribution is -2.02. The summed E-state index contributed by atoms with van der Waals surface area (Å²) in [4.78, 5) is 0. The van der Waals surface area contributed by atoms with Crippen LogP contribution in [0, 0.1) is 6.92 Å². The van der Waals surface area contributed by atoms with E-state index in [1.807, 2.05) is 0 Å². The molecule has 3 nitrogen and oxygen atoms in total. The minimum atomic E-state index is 0.691. The maximum atomic E-state index is 4.23. The zero-order valence-electron chi connectivity index (χ0n) is 7.65. The highest BCUT2D eigenvalue weighted by atomic mass is 15.2. The van der Waals surface area contributed by atoms with Crippen molar-refractivity contribution in [1.29, 1.82) is 0 Å². The lowest BCUT2D eigenvalue weighted by atomic mass is 10.2. The predicted molar refractivity (Wildman–Crippen MR) is 49.3 cm³/mol. The average molecular weight is 165 g/mol. The maximum Gasteiger partial charge on any atom is 0.151 e. The van der Waals surface area contributed by atoms with Crippen molar-refractivity contribution in [1.82, 2.24) is 10.2 Å². The third-order valence-corrected chi connectivity index (χ3v) is 2.38. The topological polar surface area (TPSA) is 40.7 Å². The molecule has 0 bridgehead atoms. The first-order chi connectivity index (χ1) is 5.81. The van der Waals surface area contributed by atoms with E-state index < -0.39 is 0 Å². The van der Waals surface area contributed by atoms with Crippen LogP contribution in [0.25, 0.3) is 0 Å². The van der Waals surface area contributed by atoms with Crippen LogP contribution in [0.15, 0.2) is 0 Å². The monoisotopic (exact) mass is 165 g/mol. The summed E-state index contributed by atoms with van der Waals surface area (Å²) in [6.07, 6.45) is 3.63. The number of aromatic amines is 1. The summed E-state index contributed by atoms with van der Waals surface area (Å²) in [5.74, 6) is 1.05. The van der Waals surface area contributed by atoms with Crippen LogP contribution < -0.4 is 5.32 Å². The van der Waals surface area contributed by atoms with Crippen LogP contribution in [0.5, 0.6) is 0 Å². The van der Waals surface area contributed by atoms with Crippen molar-refractivity contribution in [2.75, 3.05) is 5.32 Å². The second kappa shape index (κ2) is 2.81. The van der Waals surface area contributed by atoms with Gasteiger partial charge in [-0.15, -0.1) is 0 Å². The Labute approximate surface area is 72.6 Å². The molecule has 3 heteroatoms. The van der Waals surface area contributed by atoms with Crippen molar-refractivity contribution >= 4 is 5.82 Å². The van der Waals surface area contributed by atoms with E-state index in [-0.39, 0.29) is 0 Å². The number of H-pyrrole nitrogens is 1. The van der Waals surface area contributed by atoms with E-state index in [4.69, 9.17) is 0 Å². The lowest BCUT2D eigenvalue weighted by Gasteiger charge is -2.00. The first kappa shape index (κ1) is 7.65. The van der Waals surface area contributed by atoms with Gasteiger partial charge in [0.15, 0.2) is 5.82 Å². The van der Waals surface area contributed by atoms with Gasteiger partial charge >= 0.3 is 0 Å². The van der Waals surface area contributed by atoms with Crippen molar-refractivity contribution < 1.29 is 0 Å². The number of nitrogens with zero attached hydrogens (tertiary/aromatic N) is 1. The number of hydrogen-bond donors (Lipinski definition) is 2. The van der Waals surface area contributed by atoms with E-state index in [1.54, 1.807) is 0 Å². The summed E-state index contributed by atoms with van der Waals surface area (Å²) < 4.78 is 0. The molecule has 1 aliphatic carbocycles. The number of anilines is 1. The van der Waals surface area contributed by atoms with Gasteiger partial charge in [0.05, 0.1) is 0 Å². The van der Waals surface area contributed by atoms with Crippen LogP contribution in [-0.4, -0.2) is 16.2 Å². The van der Waals surface area contributed by atoms with Crippen LogP contribution in [0.1, 0.15) is 31.0 Å². The van der Waals surface area contributed by atoms with Crippen molar-refractivity contribution in [3.63, 3.8) is 0 Å². The summed E-state index contributed by atoms with van der Waals surface area (Å²) in [5, 5.41) is 10.7. The summed E-state index contributed by atoms with van der Waals surface area (Å²) in [5.41, 5.74) is 2.53. The van der Waals surface area contributed by atoms with Gasteiger partial charge < -0.3 is 5.32 Å². The molecule has 0 aromatic carbocycles. The second-order valence-corrected chi connectivity index (χ2v) is 3.45. The zero-order valence-corrected chi connectivity index (χ0v) is 7.65. The van der Waals surface area contributed by atoms with Crippen LogP contribution in [-0.2, 0) is 6.42 Å². The Morgan fingerprint density at radius 1 is 1.58 bits per heavy atom. The molecule has 0 radical (unpaired) electrons. The molecule has 1 fully saturated rings. The first-order valence-corrected chi connectivity index (χ1v) is 4.61. The molecule has 1 aliphatic rings. The van der Waals surface area contributed by atoms with Gasteiger partial charge in [-0.1, -0.05) is 6.92 Å². The van der Waals surface area contributed by atoms with Crippen molar-refractivity contribution in [3.8, 4) is 0 Å². The first-order valence-electron chi connectivity index (χ1n) is 4.61. The molecule has 0 spiro atoms. The third-order valence-electron chi connectivity index (χ3n) is 2.38. The molecule has 1 heterocycles. The molecule has 0 amide bonds. The minimum Gasteiger partial charge on any atom is -0.366 e. The zero-order chi connectivity index (χ0) is 8.55. The molecule has 0 aliphatic heterocycles. The minimum absolute atomic E-state index is 0.691. The summed E-state index contributed by atoms with van der Waals surface area (Å²) >= 11 is 0. The van der Waals surface area contributed by atoms with Gasteiger partial charge in [-0.05, 0) is 26.2 Å². The van der Waals surface area contributed by atoms with Gasteiger partial charge in [-0.2, -0.15) is 5.10 Å². The Hall–Kier alpha value is -0.990. The SMILES string of the molecule is CCc1[nH]nc(NC2CC2)c1C. The van der Waals surface area contributed by atoms with Gasteiger partial charge in [0.2, 0.25) is 0 Å². The number of rotatable bonds is 3. The summed E-state index contributed by atoms with van der Waals surface area (Å²) in [7, 11) is 0. The standard InChI is InChI=1S/C9H15N3/c1-3-8-6(2)9(12-11-8)10-7-4-5-7/h7H,3-5H2,1-2H3,(H2,10,11,12). The molecule has 2 rings (SSSR count). The summed E-state index contributed by atoms with van der Waals surface area (Å²) in [6, 6.07) is 0.691. The Morgan fingerprint density at radius 2 is 2.33 bits per heavy atom. The van der Waals surface area contributed by atoms with Gasteiger partial charge in [0.25, 0.3) is 0 Å². The van der Waals surface area contributed by atoms with Gasteiger partial charge in [0, 0.05) is 17.3 Å². The number of hydrogen-bond acceptors (Lipinski definition) is 2. The largest absolute Gasteiger partial charge is 0.366 e. The molecule has 0 saturated heterocycles. The maximum absolute atomic E-state index is 4.23. The normalized spacial score (nSPS) is 16.5. The molecular formula is C9H15N3. The Kier molecular flexibility index (Phi) is 1.79. The fourth-order valence-electron chi connectivity index (χ4n) is 1.34. The quantitative estimate of drug-likeness (QED) is 0.717. The molecule has 0 unspecified atom stereocenters. The van der Waals surface area contributed by atoms with Crippen LogP contribution in [0.2, 0.25) is 0 Å². The molecule has 12 heavy (non-hydrogen) atoms. The van der Waals surface area contributed by atoms with Gasteiger partial charge in [0.1, 0.15) is 0 Å². The Morgan fingerprint density at radius 3 is 2.83 bits per heavy atom. The van der Waals surface area contributed by atoms with E-state index >= 15 is 0 Å². The van der Waals surface area contributed by atoms with Gasteiger partial charge in [-0.25, -0.2) is 0 Å². The van der Waals surface area contributed by atoms with Crippen molar-refractivity contribution in [2.45, 2.75) is 39.2 Å². The van der Waals surface area contributed by atoms with Crippen LogP contribution in [0.4, 0.5) is 5.82 Å². The molecule has 1 saturated carbocycles. The molecule has 1 aromatic heterocycles. The average Bonchev–Trinajstić information content (AvgIpc) is 2.80. The van der Waals surface area contributed by atoms with E-state index in [1.165, 1.54) is 24.1 Å². The molecule has 66 valence electrons. The smallest absolute Gasteiger partial charge is 0.151 e. The Bertz CT molecular complexity index is 273. The molecule has 2 N–H and O–H groups in total. The number of aryl methyl sites for hydroxylation is 1. The fraction of sp³-hybridized carbons (Fsp3) is 0.667. The number of aromatic nitrogens is 2. The molecule has 1 aromatic rings. The third kappa shape index (κ3) is 1.31. The highest BCUT2D eigenvalue weighted by Crippen LogP contribution is 2.26. The van der Waals surface area contributed by atoms with E-state index in [9.17, 15) is 0 Å². The van der Waals surface area contributed by atoms with Crippen molar-refractivity contribution in [3.05, 3.63) is 11.3 Å². The molecule has 0 atom stereocenters. The number of nitrogens with one attached hydrogen (secondary N) is 2. The highest BCUT2D eigenvalue weighted by molar-refractivity contribution is 5.47. The summed E-state index contributed by atoms with van der Waals surface area (Å²) in [6.45, 7) is 4.26. The second-order valence-electron chi connectivity index (χ2n) is 3.45. The van der Waals surface area contributed by atoms with Gasteiger partial charge in [-0.3, -0.25) is 5.10 Å².